The lowest BCUT2D eigenvalue weighted by Gasteiger charge is -2.31. The molecule has 5 nitrogen and oxygen atoms in total. The highest BCUT2D eigenvalue weighted by molar-refractivity contribution is 5.95. The number of phenolic OH excluding ortho intramolecular Hbond substituents is 2. The molecule has 0 saturated carbocycles. The Kier molecular flexibility index (Phi) is 7.33. The number of hydrogen-bond donors (Lipinski definition) is 2. The summed E-state index contributed by atoms with van der Waals surface area (Å²) in [4.78, 5) is 1.97. The number of ether oxygens (including phenoxy) is 2. The van der Waals surface area contributed by atoms with Crippen LogP contribution in [0.2, 0.25) is 0 Å². The number of halogens is 2. The van der Waals surface area contributed by atoms with Crippen LogP contribution in [0, 0.1) is 5.92 Å². The SMILES string of the molecule is CC1=C(c2cccc(O)c2)C(c2ccc(OC[C@H](CF)N3CC[C@@H](CF)C3)cc2)Oc2ccc(O)cc21. The number of alkyl halides is 2. The van der Waals surface area contributed by atoms with Crippen LogP contribution in [-0.4, -0.2) is 54.2 Å². The molecule has 0 amide bonds. The number of allylic oxidation sites excluding steroid dienone is 1. The maximum absolute atomic E-state index is 13.7. The molecule has 0 aromatic heterocycles. The van der Waals surface area contributed by atoms with Crippen molar-refractivity contribution in [3.05, 3.63) is 83.4 Å². The van der Waals surface area contributed by atoms with Crippen molar-refractivity contribution in [3.8, 4) is 23.0 Å². The third kappa shape index (κ3) is 5.27. The summed E-state index contributed by atoms with van der Waals surface area (Å²) in [5.74, 6) is 1.56. The van der Waals surface area contributed by atoms with Crippen LogP contribution in [0.15, 0.2) is 66.7 Å². The molecule has 2 aliphatic rings. The van der Waals surface area contributed by atoms with Crippen molar-refractivity contribution in [2.75, 3.05) is 33.0 Å². The maximum atomic E-state index is 13.7. The molecule has 2 N–H and O–H groups in total. The Morgan fingerprint density at radius 2 is 1.81 bits per heavy atom. The van der Waals surface area contributed by atoms with Crippen molar-refractivity contribution >= 4 is 11.1 Å². The maximum Gasteiger partial charge on any atom is 0.150 e. The van der Waals surface area contributed by atoms with Crippen molar-refractivity contribution in [1.29, 1.82) is 0 Å². The molecular weight excluding hydrogens is 476 g/mol. The number of rotatable bonds is 8. The van der Waals surface area contributed by atoms with Crippen LogP contribution in [0.5, 0.6) is 23.0 Å². The number of aromatic hydroxyl groups is 2. The summed E-state index contributed by atoms with van der Waals surface area (Å²) >= 11 is 0. The van der Waals surface area contributed by atoms with Gasteiger partial charge in [-0.05, 0) is 79.1 Å². The molecule has 194 valence electrons. The zero-order valence-electron chi connectivity index (χ0n) is 20.7. The van der Waals surface area contributed by atoms with Gasteiger partial charge in [0.15, 0.2) is 0 Å². The molecular formula is C30H31F2NO4. The van der Waals surface area contributed by atoms with E-state index in [2.05, 4.69) is 0 Å². The first-order chi connectivity index (χ1) is 18.0. The Labute approximate surface area is 215 Å². The molecule has 3 aromatic carbocycles. The normalized spacial score (nSPS) is 20.4. The predicted octanol–water partition coefficient (Wildman–Crippen LogP) is 6.17. The molecule has 5 rings (SSSR count). The Morgan fingerprint density at radius 1 is 1.03 bits per heavy atom. The molecule has 1 fully saturated rings. The zero-order valence-corrected chi connectivity index (χ0v) is 20.7. The van der Waals surface area contributed by atoms with Crippen molar-refractivity contribution in [1.82, 2.24) is 4.90 Å². The van der Waals surface area contributed by atoms with Crippen LogP contribution in [0.25, 0.3) is 11.1 Å². The molecule has 7 heteroatoms. The number of benzene rings is 3. The van der Waals surface area contributed by atoms with E-state index in [0.717, 1.165) is 34.3 Å². The second-order valence-corrected chi connectivity index (χ2v) is 9.76. The summed E-state index contributed by atoms with van der Waals surface area (Å²) in [5.41, 5.74) is 4.33. The quantitative estimate of drug-likeness (QED) is 0.382. The standard InChI is InChI=1S/C30H31F2NO4/c1-19-27-14-25(35)7-10-28(27)37-30(29(19)22-3-2-4-24(34)13-22)21-5-8-26(9-6-21)36-18-23(16-32)33-12-11-20(15-31)17-33/h2-10,13-14,20,23,30,34-35H,11-12,15-18H2,1H3/t20-,23-,30?/m0/s1. The van der Waals surface area contributed by atoms with E-state index in [9.17, 15) is 19.0 Å². The second-order valence-electron chi connectivity index (χ2n) is 9.76. The number of fused-ring (bicyclic) bond motifs is 1. The van der Waals surface area contributed by atoms with Gasteiger partial charge in [0.1, 0.15) is 42.4 Å². The van der Waals surface area contributed by atoms with Gasteiger partial charge in [0.25, 0.3) is 0 Å². The van der Waals surface area contributed by atoms with Crippen LogP contribution in [0.3, 0.4) is 0 Å². The fraction of sp³-hybridized carbons (Fsp3) is 0.333. The smallest absolute Gasteiger partial charge is 0.150 e. The van der Waals surface area contributed by atoms with E-state index in [1.165, 1.54) is 0 Å². The predicted molar refractivity (Wildman–Crippen MR) is 139 cm³/mol. The molecule has 3 atom stereocenters. The van der Waals surface area contributed by atoms with Crippen LogP contribution >= 0.6 is 0 Å². The lowest BCUT2D eigenvalue weighted by Crippen LogP contribution is -2.39. The Morgan fingerprint density at radius 3 is 2.51 bits per heavy atom. The van der Waals surface area contributed by atoms with E-state index in [1.807, 2.05) is 42.2 Å². The fourth-order valence-corrected chi connectivity index (χ4v) is 5.22. The number of nitrogens with zero attached hydrogens (tertiary/aromatic N) is 1. The minimum atomic E-state index is -0.542. The Balaban J connectivity index is 1.38. The molecule has 2 aliphatic heterocycles. The van der Waals surface area contributed by atoms with Gasteiger partial charge in [-0.15, -0.1) is 0 Å². The first-order valence-electron chi connectivity index (χ1n) is 12.6. The van der Waals surface area contributed by atoms with Crippen LogP contribution in [0.4, 0.5) is 8.78 Å². The van der Waals surface area contributed by atoms with Gasteiger partial charge in [0, 0.05) is 23.6 Å². The second kappa shape index (κ2) is 10.8. The summed E-state index contributed by atoms with van der Waals surface area (Å²) in [6, 6.07) is 19.2. The van der Waals surface area contributed by atoms with Crippen LogP contribution in [0.1, 0.15) is 36.1 Å². The highest BCUT2D eigenvalue weighted by Gasteiger charge is 2.31. The Hall–Kier alpha value is -3.58. The molecule has 37 heavy (non-hydrogen) atoms. The zero-order chi connectivity index (χ0) is 25.9. The largest absolute Gasteiger partial charge is 0.508 e. The molecule has 1 saturated heterocycles. The van der Waals surface area contributed by atoms with Crippen molar-refractivity contribution in [2.45, 2.75) is 25.5 Å². The van der Waals surface area contributed by atoms with Gasteiger partial charge in [-0.3, -0.25) is 9.29 Å². The summed E-state index contributed by atoms with van der Waals surface area (Å²) in [6.07, 6.45) is 0.300. The van der Waals surface area contributed by atoms with E-state index in [1.54, 1.807) is 36.4 Å². The molecule has 0 spiro atoms. The van der Waals surface area contributed by atoms with Crippen molar-refractivity contribution in [2.24, 2.45) is 5.92 Å². The van der Waals surface area contributed by atoms with Gasteiger partial charge in [-0.25, -0.2) is 4.39 Å². The first kappa shape index (κ1) is 25.1. The van der Waals surface area contributed by atoms with E-state index in [-0.39, 0.29) is 30.7 Å². The topological polar surface area (TPSA) is 62.2 Å². The first-order valence-corrected chi connectivity index (χ1v) is 12.6. The summed E-state index contributed by atoms with van der Waals surface area (Å²) < 4.78 is 39.0. The van der Waals surface area contributed by atoms with Gasteiger partial charge in [-0.2, -0.15) is 0 Å². The molecule has 1 unspecified atom stereocenters. The summed E-state index contributed by atoms with van der Waals surface area (Å²) in [7, 11) is 0. The highest BCUT2D eigenvalue weighted by Crippen LogP contribution is 2.47. The van der Waals surface area contributed by atoms with Crippen LogP contribution < -0.4 is 9.47 Å². The fourth-order valence-electron chi connectivity index (χ4n) is 5.22. The van der Waals surface area contributed by atoms with E-state index < -0.39 is 18.8 Å². The lowest BCUT2D eigenvalue weighted by molar-refractivity contribution is 0.129. The van der Waals surface area contributed by atoms with Crippen molar-refractivity contribution < 1.29 is 28.5 Å². The van der Waals surface area contributed by atoms with Crippen molar-refractivity contribution in [3.63, 3.8) is 0 Å². The third-order valence-corrected chi connectivity index (χ3v) is 7.29. The van der Waals surface area contributed by atoms with Gasteiger partial charge in [0.05, 0.1) is 12.7 Å². The Bertz CT molecular complexity index is 1280. The van der Waals surface area contributed by atoms with E-state index in [4.69, 9.17) is 9.47 Å². The third-order valence-electron chi connectivity index (χ3n) is 7.29. The number of hydrogen-bond acceptors (Lipinski definition) is 5. The minimum absolute atomic E-state index is 0.0184. The highest BCUT2D eigenvalue weighted by atomic mass is 19.1. The average Bonchev–Trinajstić information content (AvgIpc) is 3.39. The van der Waals surface area contributed by atoms with Gasteiger partial charge < -0.3 is 19.7 Å². The lowest BCUT2D eigenvalue weighted by atomic mass is 9.86. The van der Waals surface area contributed by atoms with Gasteiger partial charge in [-0.1, -0.05) is 24.3 Å². The van der Waals surface area contributed by atoms with Gasteiger partial charge in [0.2, 0.25) is 0 Å². The summed E-state index contributed by atoms with van der Waals surface area (Å²) in [6.45, 7) is 2.51. The van der Waals surface area contributed by atoms with E-state index >= 15 is 0 Å². The molecule has 0 aliphatic carbocycles. The van der Waals surface area contributed by atoms with E-state index in [0.29, 0.717) is 24.6 Å². The number of likely N-dealkylation sites (tertiary alicyclic amines) is 1. The molecule has 0 radical (unpaired) electrons. The molecule has 0 bridgehead atoms. The number of phenols is 2. The van der Waals surface area contributed by atoms with Crippen LogP contribution in [-0.2, 0) is 0 Å². The van der Waals surface area contributed by atoms with Gasteiger partial charge >= 0.3 is 0 Å². The average molecular weight is 508 g/mol. The molecule has 2 heterocycles. The molecule has 3 aromatic rings. The monoisotopic (exact) mass is 507 g/mol. The minimum Gasteiger partial charge on any atom is -0.508 e. The summed E-state index contributed by atoms with van der Waals surface area (Å²) in [5, 5.41) is 20.2.